The van der Waals surface area contributed by atoms with E-state index in [9.17, 15) is 10.1 Å². The number of amidine groups is 1. The molecule has 0 aliphatic heterocycles. The van der Waals surface area contributed by atoms with Gasteiger partial charge in [0, 0.05) is 16.7 Å². The van der Waals surface area contributed by atoms with Crippen LogP contribution in [0.1, 0.15) is 11.1 Å². The van der Waals surface area contributed by atoms with Gasteiger partial charge in [-0.25, -0.2) is 0 Å². The van der Waals surface area contributed by atoms with Gasteiger partial charge in [0.05, 0.1) is 11.1 Å². The molecule has 1 heterocycles. The number of furan rings is 1. The van der Waals surface area contributed by atoms with Crippen LogP contribution in [0.5, 0.6) is 5.75 Å². The highest BCUT2D eigenvalue weighted by Gasteiger charge is 2.12. The molecule has 0 atom stereocenters. The van der Waals surface area contributed by atoms with Crippen LogP contribution in [0, 0.1) is 10.1 Å². The van der Waals surface area contributed by atoms with Crippen molar-refractivity contribution in [3.63, 3.8) is 0 Å². The molecule has 1 aromatic heterocycles. The lowest BCUT2D eigenvalue weighted by Gasteiger charge is -2.09. The van der Waals surface area contributed by atoms with Crippen LogP contribution in [0.15, 0.2) is 64.0 Å². The quantitative estimate of drug-likeness (QED) is 0.265. The lowest BCUT2D eigenvalue weighted by atomic mass is 10.2. The molecule has 0 unspecified atom stereocenters. The molecule has 2 aromatic carbocycles. The van der Waals surface area contributed by atoms with Crippen LogP contribution in [0.25, 0.3) is 0 Å². The maximum absolute atomic E-state index is 10.6. The predicted molar refractivity (Wildman–Crippen MR) is 103 cm³/mol. The largest absolute Gasteiger partial charge is 0.487 e. The molecular formula is C18H13Cl2N3O4. The molecule has 0 spiro atoms. The summed E-state index contributed by atoms with van der Waals surface area (Å²) >= 11 is 12.1. The van der Waals surface area contributed by atoms with Gasteiger partial charge in [-0.2, -0.15) is 4.99 Å². The Balaban J connectivity index is 1.72. The topological polar surface area (TPSA) is 104 Å². The van der Waals surface area contributed by atoms with Crippen molar-refractivity contribution in [3.05, 3.63) is 85.9 Å². The number of nitro groups is 1. The summed E-state index contributed by atoms with van der Waals surface area (Å²) in [5.41, 5.74) is 7.39. The van der Waals surface area contributed by atoms with Crippen molar-refractivity contribution in [3.8, 4) is 5.75 Å². The molecule has 0 saturated heterocycles. The van der Waals surface area contributed by atoms with E-state index in [0.29, 0.717) is 28.0 Å². The van der Waals surface area contributed by atoms with Crippen molar-refractivity contribution in [2.45, 2.75) is 6.61 Å². The molecule has 0 amide bonds. The summed E-state index contributed by atoms with van der Waals surface area (Å²) in [6.07, 6.45) is 0. The number of rotatable bonds is 6. The number of aliphatic imine (C=N–C) groups is 1. The highest BCUT2D eigenvalue weighted by molar-refractivity contribution is 6.32. The first-order chi connectivity index (χ1) is 12.9. The van der Waals surface area contributed by atoms with Crippen LogP contribution in [0.2, 0.25) is 10.0 Å². The van der Waals surface area contributed by atoms with Crippen LogP contribution in [-0.2, 0) is 6.61 Å². The molecule has 3 aromatic rings. The number of nitrogens with two attached hydrogens (primary N) is 1. The minimum atomic E-state index is -0.654. The number of hydrogen-bond acceptors (Lipinski definition) is 5. The van der Waals surface area contributed by atoms with Gasteiger partial charge in [0.1, 0.15) is 23.1 Å². The molecule has 0 aliphatic carbocycles. The molecule has 0 aliphatic rings. The second-order valence-electron chi connectivity index (χ2n) is 5.43. The number of ether oxygens (including phenoxy) is 1. The molecule has 0 fully saturated rings. The maximum atomic E-state index is 10.6. The van der Waals surface area contributed by atoms with Gasteiger partial charge >= 0.3 is 5.88 Å². The summed E-state index contributed by atoms with van der Waals surface area (Å²) < 4.78 is 10.6. The second kappa shape index (κ2) is 8.11. The third-order valence-corrected chi connectivity index (χ3v) is 4.07. The van der Waals surface area contributed by atoms with Crippen molar-refractivity contribution in [1.29, 1.82) is 0 Å². The number of hydrogen-bond donors (Lipinski definition) is 1. The van der Waals surface area contributed by atoms with Crippen molar-refractivity contribution in [2.75, 3.05) is 0 Å². The molecular weight excluding hydrogens is 393 g/mol. The van der Waals surface area contributed by atoms with Gasteiger partial charge in [0.25, 0.3) is 0 Å². The maximum Gasteiger partial charge on any atom is 0.434 e. The fourth-order valence-electron chi connectivity index (χ4n) is 2.18. The van der Waals surface area contributed by atoms with Crippen LogP contribution < -0.4 is 10.5 Å². The van der Waals surface area contributed by atoms with Crippen LogP contribution in [-0.4, -0.2) is 10.8 Å². The molecule has 3 rings (SSSR count). The zero-order chi connectivity index (χ0) is 19.4. The lowest BCUT2D eigenvalue weighted by Crippen LogP contribution is -2.12. The molecule has 2 N–H and O–H groups in total. The highest BCUT2D eigenvalue weighted by Crippen LogP contribution is 2.28. The fourth-order valence-corrected chi connectivity index (χ4v) is 2.54. The van der Waals surface area contributed by atoms with E-state index in [2.05, 4.69) is 4.99 Å². The second-order valence-corrected chi connectivity index (χ2v) is 6.27. The van der Waals surface area contributed by atoms with Crippen molar-refractivity contribution in [1.82, 2.24) is 0 Å². The Bertz CT molecular complexity index is 1000. The Kier molecular flexibility index (Phi) is 5.63. The van der Waals surface area contributed by atoms with Gasteiger partial charge in [-0.15, -0.1) is 0 Å². The predicted octanol–water partition coefficient (Wildman–Crippen LogP) is 5.11. The van der Waals surface area contributed by atoms with E-state index in [1.807, 2.05) is 12.1 Å². The van der Waals surface area contributed by atoms with Gasteiger partial charge in [0.2, 0.25) is 5.88 Å². The van der Waals surface area contributed by atoms with E-state index in [-0.39, 0.29) is 11.7 Å². The van der Waals surface area contributed by atoms with E-state index in [0.717, 1.165) is 5.56 Å². The summed E-state index contributed by atoms with van der Waals surface area (Å²) in [5, 5.41) is 11.6. The zero-order valence-electron chi connectivity index (χ0n) is 13.8. The molecule has 27 heavy (non-hydrogen) atoms. The van der Waals surface area contributed by atoms with Gasteiger partial charge in [0.15, 0.2) is 0 Å². The summed E-state index contributed by atoms with van der Waals surface area (Å²) in [5.74, 6) is 0.200. The lowest BCUT2D eigenvalue weighted by molar-refractivity contribution is -0.401. The van der Waals surface area contributed by atoms with E-state index >= 15 is 0 Å². The summed E-state index contributed by atoms with van der Waals surface area (Å²) in [4.78, 5) is 14.0. The summed E-state index contributed by atoms with van der Waals surface area (Å²) in [6, 6.07) is 14.8. The van der Waals surface area contributed by atoms with Crippen molar-refractivity contribution in [2.24, 2.45) is 10.7 Å². The Morgan fingerprint density at radius 3 is 2.52 bits per heavy atom. The fraction of sp³-hybridized carbons (Fsp3) is 0.0556. The van der Waals surface area contributed by atoms with E-state index in [1.165, 1.54) is 12.1 Å². The minimum Gasteiger partial charge on any atom is -0.487 e. The average molecular weight is 406 g/mol. The molecule has 7 nitrogen and oxygen atoms in total. The van der Waals surface area contributed by atoms with E-state index in [4.69, 9.17) is 38.1 Å². The van der Waals surface area contributed by atoms with Crippen LogP contribution >= 0.6 is 23.2 Å². The summed E-state index contributed by atoms with van der Waals surface area (Å²) in [7, 11) is 0. The molecule has 138 valence electrons. The molecule has 0 bridgehead atoms. The number of halogens is 2. The first-order valence-corrected chi connectivity index (χ1v) is 8.43. The SMILES string of the molecule is NC(=Nc1ccc([N+](=O)[O-])o1)c1ccc(OCc2ccc(Cl)cc2)c(Cl)c1. The zero-order valence-corrected chi connectivity index (χ0v) is 15.3. The highest BCUT2D eigenvalue weighted by atomic mass is 35.5. The Morgan fingerprint density at radius 1 is 1.15 bits per heavy atom. The van der Waals surface area contributed by atoms with Crippen molar-refractivity contribution < 1.29 is 14.1 Å². The Labute approximate surface area is 164 Å². The monoisotopic (exact) mass is 405 g/mol. The third kappa shape index (κ3) is 4.78. The van der Waals surface area contributed by atoms with Crippen LogP contribution in [0.4, 0.5) is 11.8 Å². The smallest absolute Gasteiger partial charge is 0.434 e. The van der Waals surface area contributed by atoms with Crippen LogP contribution in [0.3, 0.4) is 0 Å². The van der Waals surface area contributed by atoms with E-state index < -0.39 is 10.8 Å². The van der Waals surface area contributed by atoms with E-state index in [1.54, 1.807) is 30.3 Å². The normalized spacial score (nSPS) is 11.4. The van der Waals surface area contributed by atoms with Gasteiger partial charge in [-0.1, -0.05) is 35.3 Å². The molecule has 0 saturated carbocycles. The standard InChI is InChI=1S/C18H13Cl2N3O4/c19-13-4-1-11(2-5-13)10-26-15-6-3-12(9-14(15)20)18(21)22-16-7-8-17(27-16)23(24)25/h1-9H,10H2,(H2,21,22). The summed E-state index contributed by atoms with van der Waals surface area (Å²) in [6.45, 7) is 0.329. The van der Waals surface area contributed by atoms with Gasteiger partial charge in [-0.05, 0) is 35.9 Å². The Hall–Kier alpha value is -3.03. The van der Waals surface area contributed by atoms with Gasteiger partial charge in [-0.3, -0.25) is 10.1 Å². The first-order valence-electron chi connectivity index (χ1n) is 7.68. The minimum absolute atomic E-state index is 0.0263. The van der Waals surface area contributed by atoms with Gasteiger partial charge < -0.3 is 14.9 Å². The Morgan fingerprint density at radius 2 is 1.89 bits per heavy atom. The number of benzene rings is 2. The third-order valence-electron chi connectivity index (χ3n) is 3.52. The first kappa shape index (κ1) is 18.8. The van der Waals surface area contributed by atoms with Crippen molar-refractivity contribution >= 4 is 40.8 Å². The average Bonchev–Trinajstić information content (AvgIpc) is 3.11. The molecule has 9 heteroatoms. The molecule has 0 radical (unpaired) electrons. The number of nitrogens with zero attached hydrogens (tertiary/aromatic N) is 2.